The van der Waals surface area contributed by atoms with Crippen LogP contribution in [0.2, 0.25) is 0 Å². The number of aliphatic hydroxyl groups excluding tert-OH is 1. The van der Waals surface area contributed by atoms with Crippen LogP contribution in [0.3, 0.4) is 0 Å². The van der Waals surface area contributed by atoms with Gasteiger partial charge in [-0.2, -0.15) is 0 Å². The molecule has 1 aromatic carbocycles. The summed E-state index contributed by atoms with van der Waals surface area (Å²) in [7, 11) is 0. The van der Waals surface area contributed by atoms with Gasteiger partial charge in [0.05, 0.1) is 25.2 Å². The number of amides is 2. The summed E-state index contributed by atoms with van der Waals surface area (Å²) in [6.07, 6.45) is 0.914. The molecule has 3 atom stereocenters. The highest BCUT2D eigenvalue weighted by Gasteiger charge is 2.32. The number of halogens is 1. The summed E-state index contributed by atoms with van der Waals surface area (Å²) < 4.78 is 19.3. The highest BCUT2D eigenvalue weighted by atomic mass is 19.1. The predicted molar refractivity (Wildman–Crippen MR) is 90.1 cm³/mol. The molecule has 0 aromatic heterocycles. The van der Waals surface area contributed by atoms with Crippen LogP contribution in [0.25, 0.3) is 0 Å². The zero-order chi connectivity index (χ0) is 18.2. The number of aliphatic hydroxyl groups is 1. The molecule has 0 unspecified atom stereocenters. The Bertz CT molecular complexity index is 596. The van der Waals surface area contributed by atoms with E-state index in [0.717, 1.165) is 0 Å². The molecular weight excluding hydrogens is 327 g/mol. The summed E-state index contributed by atoms with van der Waals surface area (Å²) in [5.74, 6) is -0.680. The minimum Gasteiger partial charge on any atom is -0.394 e. The molecule has 1 fully saturated rings. The fraction of sp³-hybridized carbons (Fsp3) is 0.556. The van der Waals surface area contributed by atoms with E-state index in [2.05, 4.69) is 10.6 Å². The molecule has 7 heteroatoms. The van der Waals surface area contributed by atoms with Crippen LogP contribution >= 0.6 is 0 Å². The lowest BCUT2D eigenvalue weighted by atomic mass is 9.96. The van der Waals surface area contributed by atoms with Crippen molar-refractivity contribution < 1.29 is 23.8 Å². The van der Waals surface area contributed by atoms with E-state index in [1.165, 1.54) is 6.07 Å². The molecule has 138 valence electrons. The third-order valence-corrected chi connectivity index (χ3v) is 4.31. The van der Waals surface area contributed by atoms with Gasteiger partial charge in [-0.3, -0.25) is 9.59 Å². The standard InChI is InChI=1S/C18H25FN2O4/c1-2-17(23)21-15-8-7-13(25-16(15)11-22)9-18(24)20-10-12-5-3-4-6-14(12)19/h3-6,13,15-16,22H,2,7-11H2,1H3,(H,20,24)(H,21,23)/t13-,15+,16-/m0/s1. The molecule has 0 bridgehead atoms. The number of nitrogens with one attached hydrogen (secondary N) is 2. The van der Waals surface area contributed by atoms with Crippen LogP contribution in [0.4, 0.5) is 4.39 Å². The maximum Gasteiger partial charge on any atom is 0.222 e. The second kappa shape index (κ2) is 9.48. The lowest BCUT2D eigenvalue weighted by molar-refractivity contribution is -0.135. The van der Waals surface area contributed by atoms with Crippen molar-refractivity contribution in [2.24, 2.45) is 0 Å². The second-order valence-electron chi connectivity index (χ2n) is 6.16. The van der Waals surface area contributed by atoms with Crippen molar-refractivity contribution in [2.75, 3.05) is 6.61 Å². The van der Waals surface area contributed by atoms with Gasteiger partial charge in [0.25, 0.3) is 0 Å². The Hall–Kier alpha value is -1.99. The summed E-state index contributed by atoms with van der Waals surface area (Å²) in [4.78, 5) is 23.6. The van der Waals surface area contributed by atoms with Gasteiger partial charge in [-0.1, -0.05) is 25.1 Å². The first-order valence-corrected chi connectivity index (χ1v) is 8.59. The Morgan fingerprint density at radius 1 is 1.28 bits per heavy atom. The molecule has 6 nitrogen and oxygen atoms in total. The van der Waals surface area contributed by atoms with Crippen molar-refractivity contribution in [2.45, 2.75) is 57.4 Å². The third kappa shape index (κ3) is 5.79. The molecule has 3 N–H and O–H groups in total. The van der Waals surface area contributed by atoms with E-state index in [4.69, 9.17) is 4.74 Å². The lowest BCUT2D eigenvalue weighted by Gasteiger charge is -2.36. The number of hydrogen-bond donors (Lipinski definition) is 3. The van der Waals surface area contributed by atoms with Gasteiger partial charge in [0.15, 0.2) is 0 Å². The van der Waals surface area contributed by atoms with E-state index in [1.54, 1.807) is 25.1 Å². The summed E-state index contributed by atoms with van der Waals surface area (Å²) in [5.41, 5.74) is 0.427. The second-order valence-corrected chi connectivity index (χ2v) is 6.16. The smallest absolute Gasteiger partial charge is 0.222 e. The van der Waals surface area contributed by atoms with Crippen LogP contribution in [0.5, 0.6) is 0 Å². The fourth-order valence-electron chi connectivity index (χ4n) is 2.87. The van der Waals surface area contributed by atoms with Crippen molar-refractivity contribution in [3.05, 3.63) is 35.6 Å². The minimum atomic E-state index is -0.520. The molecule has 0 saturated carbocycles. The monoisotopic (exact) mass is 352 g/mol. The Kier molecular flexibility index (Phi) is 7.33. The Morgan fingerprint density at radius 3 is 2.72 bits per heavy atom. The highest BCUT2D eigenvalue weighted by Crippen LogP contribution is 2.22. The van der Waals surface area contributed by atoms with E-state index < -0.39 is 6.10 Å². The molecule has 1 aromatic rings. The highest BCUT2D eigenvalue weighted by molar-refractivity contribution is 5.76. The summed E-state index contributed by atoms with van der Waals surface area (Å²) in [6.45, 7) is 1.66. The van der Waals surface area contributed by atoms with E-state index in [-0.39, 0.29) is 49.3 Å². The molecule has 1 saturated heterocycles. The van der Waals surface area contributed by atoms with Crippen molar-refractivity contribution in [3.63, 3.8) is 0 Å². The van der Waals surface area contributed by atoms with Gasteiger partial charge in [0.2, 0.25) is 11.8 Å². The number of benzene rings is 1. The van der Waals surface area contributed by atoms with Crippen molar-refractivity contribution in [3.8, 4) is 0 Å². The third-order valence-electron chi connectivity index (χ3n) is 4.31. The molecule has 25 heavy (non-hydrogen) atoms. The topological polar surface area (TPSA) is 87.7 Å². The first-order chi connectivity index (χ1) is 12.0. The quantitative estimate of drug-likeness (QED) is 0.690. The number of ether oxygens (including phenoxy) is 1. The summed E-state index contributed by atoms with van der Waals surface area (Å²) in [5, 5.41) is 15.0. The SMILES string of the molecule is CCC(=O)N[C@@H]1CC[C@@H](CC(=O)NCc2ccccc2F)O[C@H]1CO. The number of carbonyl (C=O) groups excluding carboxylic acids is 2. The van der Waals surface area contributed by atoms with Crippen molar-refractivity contribution in [1.82, 2.24) is 10.6 Å². The largest absolute Gasteiger partial charge is 0.394 e. The van der Waals surface area contributed by atoms with Gasteiger partial charge < -0.3 is 20.5 Å². The van der Waals surface area contributed by atoms with Gasteiger partial charge in [-0.25, -0.2) is 4.39 Å². The molecule has 1 aliphatic heterocycles. The zero-order valence-corrected chi connectivity index (χ0v) is 14.3. The summed E-state index contributed by atoms with van der Waals surface area (Å²) in [6, 6.07) is 6.04. The van der Waals surface area contributed by atoms with Gasteiger partial charge >= 0.3 is 0 Å². The van der Waals surface area contributed by atoms with Crippen LogP contribution in [0.15, 0.2) is 24.3 Å². The average molecular weight is 352 g/mol. The Morgan fingerprint density at radius 2 is 2.04 bits per heavy atom. The van der Waals surface area contributed by atoms with Crippen molar-refractivity contribution >= 4 is 11.8 Å². The first kappa shape index (κ1) is 19.3. The first-order valence-electron chi connectivity index (χ1n) is 8.59. The van der Waals surface area contributed by atoms with Crippen LogP contribution < -0.4 is 10.6 Å². The average Bonchev–Trinajstić information content (AvgIpc) is 2.62. The molecule has 2 rings (SSSR count). The molecule has 1 heterocycles. The van der Waals surface area contributed by atoms with Gasteiger partial charge in [-0.05, 0) is 18.9 Å². The van der Waals surface area contributed by atoms with Gasteiger partial charge in [0, 0.05) is 18.5 Å². The zero-order valence-electron chi connectivity index (χ0n) is 14.3. The minimum absolute atomic E-state index is 0.0897. The molecule has 2 amide bonds. The van der Waals surface area contributed by atoms with E-state index >= 15 is 0 Å². The van der Waals surface area contributed by atoms with E-state index in [0.29, 0.717) is 24.8 Å². The normalized spacial score (nSPS) is 23.1. The molecular formula is C18H25FN2O4. The number of carbonyl (C=O) groups is 2. The maximum atomic E-state index is 13.5. The van der Waals surface area contributed by atoms with Crippen molar-refractivity contribution in [1.29, 1.82) is 0 Å². The molecule has 0 radical (unpaired) electrons. The van der Waals surface area contributed by atoms with Crippen LogP contribution in [-0.2, 0) is 20.9 Å². The fourth-order valence-corrected chi connectivity index (χ4v) is 2.87. The maximum absolute atomic E-state index is 13.5. The molecule has 0 aliphatic carbocycles. The van der Waals surface area contributed by atoms with Gasteiger partial charge in [-0.15, -0.1) is 0 Å². The van der Waals surface area contributed by atoms with Crippen LogP contribution in [0, 0.1) is 5.82 Å². The number of rotatable bonds is 7. The van der Waals surface area contributed by atoms with Crippen LogP contribution in [0.1, 0.15) is 38.2 Å². The molecule has 1 aliphatic rings. The van der Waals surface area contributed by atoms with Gasteiger partial charge in [0.1, 0.15) is 11.9 Å². The van der Waals surface area contributed by atoms with E-state index in [9.17, 15) is 19.1 Å². The van der Waals surface area contributed by atoms with E-state index in [1.807, 2.05) is 0 Å². The predicted octanol–water partition coefficient (Wildman–Crippen LogP) is 1.27. The lowest BCUT2D eigenvalue weighted by Crippen LogP contribution is -2.51. The Labute approximate surface area is 146 Å². The Balaban J connectivity index is 1.80. The summed E-state index contributed by atoms with van der Waals surface area (Å²) >= 11 is 0. The van der Waals surface area contributed by atoms with Crippen LogP contribution in [-0.4, -0.2) is 41.8 Å². The number of hydrogen-bond acceptors (Lipinski definition) is 4. The molecule has 0 spiro atoms.